The summed E-state index contributed by atoms with van der Waals surface area (Å²) in [6, 6.07) is 11.2. The van der Waals surface area contributed by atoms with Crippen molar-refractivity contribution in [1.29, 1.82) is 0 Å². The van der Waals surface area contributed by atoms with E-state index in [0.717, 1.165) is 0 Å². The van der Waals surface area contributed by atoms with Crippen molar-refractivity contribution in [3.05, 3.63) is 58.9 Å². The smallest absolute Gasteiger partial charge is 0.159 e. The zero-order valence-corrected chi connectivity index (χ0v) is 9.96. The van der Waals surface area contributed by atoms with E-state index in [1.807, 2.05) is 0 Å². The SMILES string of the molecule is CC(=O)c1ccc(F)c(-c2cccc(Cl)c2)c1. The van der Waals surface area contributed by atoms with E-state index in [9.17, 15) is 9.18 Å². The first-order valence-electron chi connectivity index (χ1n) is 5.14. The first kappa shape index (κ1) is 11.8. The van der Waals surface area contributed by atoms with Crippen molar-refractivity contribution in [2.45, 2.75) is 6.92 Å². The molecule has 0 N–H and O–H groups in total. The summed E-state index contributed by atoms with van der Waals surface area (Å²) in [5.41, 5.74) is 1.54. The molecule has 0 saturated carbocycles. The normalized spacial score (nSPS) is 10.3. The summed E-state index contributed by atoms with van der Waals surface area (Å²) in [5.74, 6) is -0.453. The molecule has 0 radical (unpaired) electrons. The highest BCUT2D eigenvalue weighted by atomic mass is 35.5. The Morgan fingerprint density at radius 3 is 2.59 bits per heavy atom. The van der Waals surface area contributed by atoms with Crippen LogP contribution in [0.3, 0.4) is 0 Å². The largest absolute Gasteiger partial charge is 0.295 e. The second-order valence-corrected chi connectivity index (χ2v) is 4.20. The van der Waals surface area contributed by atoms with Crippen LogP contribution in [-0.2, 0) is 0 Å². The Morgan fingerprint density at radius 2 is 1.94 bits per heavy atom. The average Bonchev–Trinajstić information content (AvgIpc) is 2.29. The molecule has 0 saturated heterocycles. The standard InChI is InChI=1S/C14H10ClFO/c1-9(17)10-5-6-14(16)13(8-10)11-3-2-4-12(15)7-11/h2-8H,1H3. The Bertz CT molecular complexity index is 578. The van der Waals surface area contributed by atoms with Crippen molar-refractivity contribution in [3.63, 3.8) is 0 Å². The molecule has 2 aromatic carbocycles. The third kappa shape index (κ3) is 2.53. The molecule has 3 heteroatoms. The zero-order valence-electron chi connectivity index (χ0n) is 9.21. The Hall–Kier alpha value is -1.67. The maximum Gasteiger partial charge on any atom is 0.159 e. The van der Waals surface area contributed by atoms with Gasteiger partial charge in [0, 0.05) is 16.1 Å². The number of hydrogen-bond donors (Lipinski definition) is 0. The Labute approximate surface area is 104 Å². The van der Waals surface area contributed by atoms with Crippen LogP contribution in [0.25, 0.3) is 11.1 Å². The molecule has 0 aliphatic heterocycles. The minimum atomic E-state index is -0.364. The number of Topliss-reactive ketones (excluding diaryl/α,β-unsaturated/α-hetero) is 1. The molecular weight excluding hydrogens is 239 g/mol. The molecule has 2 rings (SSSR count). The predicted octanol–water partition coefficient (Wildman–Crippen LogP) is 4.35. The van der Waals surface area contributed by atoms with Crippen molar-refractivity contribution in [2.75, 3.05) is 0 Å². The number of hydrogen-bond acceptors (Lipinski definition) is 1. The second-order valence-electron chi connectivity index (χ2n) is 3.76. The molecule has 0 unspecified atom stereocenters. The molecule has 86 valence electrons. The summed E-state index contributed by atoms with van der Waals surface area (Å²) < 4.78 is 13.7. The van der Waals surface area contributed by atoms with Crippen molar-refractivity contribution in [1.82, 2.24) is 0 Å². The molecule has 0 spiro atoms. The lowest BCUT2D eigenvalue weighted by atomic mass is 10.0. The van der Waals surface area contributed by atoms with E-state index in [-0.39, 0.29) is 11.6 Å². The number of rotatable bonds is 2. The quantitative estimate of drug-likeness (QED) is 0.722. The minimum Gasteiger partial charge on any atom is -0.295 e. The van der Waals surface area contributed by atoms with Gasteiger partial charge >= 0.3 is 0 Å². The molecule has 0 amide bonds. The fourth-order valence-corrected chi connectivity index (χ4v) is 1.81. The van der Waals surface area contributed by atoms with Crippen LogP contribution in [0.15, 0.2) is 42.5 Å². The van der Waals surface area contributed by atoms with Gasteiger partial charge in [0.1, 0.15) is 5.82 Å². The topological polar surface area (TPSA) is 17.1 Å². The van der Waals surface area contributed by atoms with Crippen molar-refractivity contribution in [3.8, 4) is 11.1 Å². The minimum absolute atomic E-state index is 0.0896. The first-order valence-corrected chi connectivity index (χ1v) is 5.52. The summed E-state index contributed by atoms with van der Waals surface area (Å²) >= 11 is 5.86. The van der Waals surface area contributed by atoms with Crippen LogP contribution in [0.1, 0.15) is 17.3 Å². The molecule has 2 aromatic rings. The molecule has 0 atom stereocenters. The molecule has 0 fully saturated rings. The van der Waals surface area contributed by atoms with Crippen LogP contribution < -0.4 is 0 Å². The first-order chi connectivity index (χ1) is 8.08. The third-order valence-corrected chi connectivity index (χ3v) is 2.74. The number of ketones is 1. The van der Waals surface area contributed by atoms with E-state index in [1.54, 1.807) is 30.3 Å². The van der Waals surface area contributed by atoms with Gasteiger partial charge in [0.25, 0.3) is 0 Å². The second kappa shape index (κ2) is 4.68. The van der Waals surface area contributed by atoms with Gasteiger partial charge in [0.05, 0.1) is 0 Å². The molecule has 0 aromatic heterocycles. The Balaban J connectivity index is 2.58. The fourth-order valence-electron chi connectivity index (χ4n) is 1.62. The highest BCUT2D eigenvalue weighted by molar-refractivity contribution is 6.30. The van der Waals surface area contributed by atoms with Gasteiger partial charge in [0.15, 0.2) is 5.78 Å². The van der Waals surface area contributed by atoms with Crippen LogP contribution >= 0.6 is 11.6 Å². The molecular formula is C14H10ClFO. The monoisotopic (exact) mass is 248 g/mol. The molecule has 17 heavy (non-hydrogen) atoms. The van der Waals surface area contributed by atoms with Crippen LogP contribution in [0.5, 0.6) is 0 Å². The van der Waals surface area contributed by atoms with Gasteiger partial charge < -0.3 is 0 Å². The molecule has 0 bridgehead atoms. The Morgan fingerprint density at radius 1 is 1.18 bits per heavy atom. The van der Waals surface area contributed by atoms with Crippen LogP contribution in [-0.4, -0.2) is 5.78 Å². The predicted molar refractivity (Wildman–Crippen MR) is 66.9 cm³/mol. The summed E-state index contributed by atoms with van der Waals surface area (Å²) in [4.78, 5) is 11.3. The number of halogens is 2. The summed E-state index contributed by atoms with van der Waals surface area (Å²) in [6.45, 7) is 1.45. The molecule has 0 aliphatic rings. The average molecular weight is 249 g/mol. The van der Waals surface area contributed by atoms with Gasteiger partial charge in [-0.05, 0) is 42.8 Å². The summed E-state index contributed by atoms with van der Waals surface area (Å²) in [7, 11) is 0. The summed E-state index contributed by atoms with van der Waals surface area (Å²) in [6.07, 6.45) is 0. The lowest BCUT2D eigenvalue weighted by Crippen LogP contribution is -1.94. The van der Waals surface area contributed by atoms with Crippen molar-refractivity contribution in [2.24, 2.45) is 0 Å². The van der Waals surface area contributed by atoms with Crippen LogP contribution in [0.4, 0.5) is 4.39 Å². The molecule has 0 heterocycles. The number of benzene rings is 2. The van der Waals surface area contributed by atoms with Crippen molar-refractivity contribution >= 4 is 17.4 Å². The van der Waals surface area contributed by atoms with E-state index in [2.05, 4.69) is 0 Å². The highest BCUT2D eigenvalue weighted by Crippen LogP contribution is 2.26. The van der Waals surface area contributed by atoms with Gasteiger partial charge in [-0.25, -0.2) is 4.39 Å². The van der Waals surface area contributed by atoms with E-state index >= 15 is 0 Å². The van der Waals surface area contributed by atoms with Gasteiger partial charge in [0.2, 0.25) is 0 Å². The zero-order chi connectivity index (χ0) is 12.4. The van der Waals surface area contributed by atoms with E-state index in [4.69, 9.17) is 11.6 Å². The lowest BCUT2D eigenvalue weighted by Gasteiger charge is -2.05. The van der Waals surface area contributed by atoms with Crippen LogP contribution in [0.2, 0.25) is 5.02 Å². The molecule has 1 nitrogen and oxygen atoms in total. The molecule has 0 aliphatic carbocycles. The van der Waals surface area contributed by atoms with Gasteiger partial charge in [-0.1, -0.05) is 23.7 Å². The maximum atomic E-state index is 13.7. The van der Waals surface area contributed by atoms with Gasteiger partial charge in [-0.2, -0.15) is 0 Å². The maximum absolute atomic E-state index is 13.7. The lowest BCUT2D eigenvalue weighted by molar-refractivity contribution is 0.101. The third-order valence-electron chi connectivity index (χ3n) is 2.51. The van der Waals surface area contributed by atoms with Gasteiger partial charge in [-0.15, -0.1) is 0 Å². The van der Waals surface area contributed by atoms with Crippen molar-refractivity contribution < 1.29 is 9.18 Å². The van der Waals surface area contributed by atoms with Crippen LogP contribution in [0, 0.1) is 5.82 Å². The van der Waals surface area contributed by atoms with E-state index in [1.165, 1.54) is 19.1 Å². The number of carbonyl (C=O) groups is 1. The highest BCUT2D eigenvalue weighted by Gasteiger charge is 2.08. The summed E-state index contributed by atoms with van der Waals surface area (Å²) in [5, 5.41) is 0.537. The fraction of sp³-hybridized carbons (Fsp3) is 0.0714. The number of carbonyl (C=O) groups excluding carboxylic acids is 1. The van der Waals surface area contributed by atoms with Gasteiger partial charge in [-0.3, -0.25) is 4.79 Å². The van der Waals surface area contributed by atoms with E-state index < -0.39 is 0 Å². The Kier molecular flexibility index (Phi) is 3.25. The van der Waals surface area contributed by atoms with E-state index in [0.29, 0.717) is 21.7 Å².